The fraction of sp³-hybridized carbons (Fsp3) is 0.729. The van der Waals surface area contributed by atoms with Crippen molar-refractivity contribution in [2.24, 2.45) is 0 Å². The molecule has 0 aliphatic carbocycles. The van der Waals surface area contributed by atoms with Crippen LogP contribution in [0, 0.1) is 0 Å². The zero-order chi connectivity index (χ0) is 57.6. The number of carbonyl (C=O) groups excluding carboxylic acids is 3. The molecule has 454 valence electrons. The van der Waals surface area contributed by atoms with Crippen LogP contribution in [0.1, 0.15) is 271 Å². The van der Waals surface area contributed by atoms with E-state index in [0.717, 1.165) is 96.3 Å². The van der Waals surface area contributed by atoms with Crippen molar-refractivity contribution >= 4 is 17.9 Å². The summed E-state index contributed by atoms with van der Waals surface area (Å²) in [6, 6.07) is 0. The molecule has 0 aromatic rings. The number of hydrogen-bond donors (Lipinski definition) is 0. The van der Waals surface area contributed by atoms with Crippen LogP contribution in [0.4, 0.5) is 0 Å². The molecule has 9 heteroatoms. The minimum Gasteiger partial charge on any atom is -0.545 e. The lowest BCUT2D eigenvalue weighted by molar-refractivity contribution is -0.870. The van der Waals surface area contributed by atoms with Crippen LogP contribution < -0.4 is 5.11 Å². The second-order valence-electron chi connectivity index (χ2n) is 22.6. The number of rotatable bonds is 59. The van der Waals surface area contributed by atoms with Gasteiger partial charge in [-0.05, 0) is 89.9 Å². The van der Waals surface area contributed by atoms with Crippen molar-refractivity contribution < 1.29 is 42.9 Å². The van der Waals surface area contributed by atoms with Crippen molar-refractivity contribution in [3.8, 4) is 0 Å². The maximum absolute atomic E-state index is 12.9. The molecule has 0 N–H and O–H groups in total. The monoisotopic (exact) mass is 1100 g/mol. The fourth-order valence-corrected chi connectivity index (χ4v) is 8.93. The maximum Gasteiger partial charge on any atom is 0.306 e. The van der Waals surface area contributed by atoms with E-state index in [-0.39, 0.29) is 38.6 Å². The molecule has 0 aliphatic heterocycles. The Kier molecular flexibility index (Phi) is 57.4. The molecule has 0 spiro atoms. The van der Waals surface area contributed by atoms with Crippen LogP contribution in [0.25, 0.3) is 0 Å². The number of ether oxygens (including phenoxy) is 4. The lowest BCUT2D eigenvalue weighted by Crippen LogP contribution is -2.44. The van der Waals surface area contributed by atoms with Gasteiger partial charge in [0.25, 0.3) is 0 Å². The lowest BCUT2D eigenvalue weighted by Gasteiger charge is -2.26. The number of hydrogen-bond acceptors (Lipinski definition) is 8. The van der Waals surface area contributed by atoms with Crippen molar-refractivity contribution in [3.05, 3.63) is 97.2 Å². The third kappa shape index (κ3) is 61.7. The Balaban J connectivity index is 4.12. The summed E-state index contributed by atoms with van der Waals surface area (Å²) >= 11 is 0. The first-order valence-corrected chi connectivity index (χ1v) is 32.4. The number of unbranched alkanes of at least 4 members (excludes halogenated alkanes) is 28. The number of nitrogens with zero attached hydrogens (tertiary/aromatic N) is 1. The van der Waals surface area contributed by atoms with Crippen molar-refractivity contribution in [3.63, 3.8) is 0 Å². The smallest absolute Gasteiger partial charge is 0.306 e. The van der Waals surface area contributed by atoms with Crippen molar-refractivity contribution in [2.45, 2.75) is 283 Å². The summed E-state index contributed by atoms with van der Waals surface area (Å²) < 4.78 is 22.8. The number of quaternary nitrogens is 1. The van der Waals surface area contributed by atoms with Crippen LogP contribution in [0.5, 0.6) is 0 Å². The molecule has 0 radical (unpaired) electrons. The maximum atomic E-state index is 12.9. The van der Waals surface area contributed by atoms with Gasteiger partial charge in [0.15, 0.2) is 12.4 Å². The standard InChI is InChI=1S/C70H121NO8/c1-6-8-10-12-14-16-18-20-22-24-26-28-29-30-31-32-33-34-35-36-37-38-39-41-43-45-47-49-51-53-55-57-59-61-68(73)79-66(65-78-70(69(74)75)76-63-62-71(3,4)5)64-77-67(72)60-58-56-54-52-50-48-46-44-42-40-27-25-23-21-19-17-15-13-11-9-7-2/h8-11,14-17,20-23,26-28,40,66,70H,6-7,12-13,18-19,24-25,29-39,41-65H2,1-5H3/b10-8-,11-9-,16-14-,17-15-,22-20-,23-21-,28-26-,40-27-. The highest BCUT2D eigenvalue weighted by atomic mass is 16.7. The number of likely N-dealkylation sites (N-methyl/N-ethyl adjacent to an activating group) is 1. The largest absolute Gasteiger partial charge is 0.545 e. The molecule has 0 bridgehead atoms. The molecular formula is C70H121NO8. The summed E-state index contributed by atoms with van der Waals surface area (Å²) in [5, 5.41) is 11.8. The van der Waals surface area contributed by atoms with E-state index in [1.54, 1.807) is 0 Å². The van der Waals surface area contributed by atoms with Gasteiger partial charge in [-0.25, -0.2) is 0 Å². The van der Waals surface area contributed by atoms with E-state index >= 15 is 0 Å². The van der Waals surface area contributed by atoms with Crippen LogP contribution >= 0.6 is 0 Å². The van der Waals surface area contributed by atoms with Gasteiger partial charge in [0.2, 0.25) is 0 Å². The first-order chi connectivity index (χ1) is 38.6. The SMILES string of the molecule is CC/C=C\C/C=C\C/C=C\C/C=C\CCCCCCCCCCCCCCCCCCCCCCC(=O)OC(COC(=O)CCCCCCCCCC/C=C\C/C=C\C/C=C\C/C=C\CC)COC(OCC[N+](C)(C)C)C(=O)[O-]. The second-order valence-corrected chi connectivity index (χ2v) is 22.6. The quantitative estimate of drug-likeness (QED) is 0.0195. The molecule has 0 fully saturated rings. The molecule has 0 aliphatic rings. The van der Waals surface area contributed by atoms with Crippen LogP contribution in [-0.4, -0.2) is 82.3 Å². The normalized spacial score (nSPS) is 13.4. The molecule has 0 saturated heterocycles. The average Bonchev–Trinajstić information content (AvgIpc) is 3.42. The van der Waals surface area contributed by atoms with E-state index in [1.165, 1.54) is 141 Å². The zero-order valence-corrected chi connectivity index (χ0v) is 51.7. The third-order valence-corrected chi connectivity index (χ3v) is 13.8. The number of carbonyl (C=O) groups is 3. The van der Waals surface area contributed by atoms with Gasteiger partial charge in [0, 0.05) is 12.8 Å². The van der Waals surface area contributed by atoms with Crippen LogP contribution in [0.2, 0.25) is 0 Å². The Morgan fingerprint density at radius 2 is 0.684 bits per heavy atom. The number of carboxylic acid groups (broad SMARTS) is 1. The number of allylic oxidation sites excluding steroid dienone is 16. The molecule has 2 unspecified atom stereocenters. The summed E-state index contributed by atoms with van der Waals surface area (Å²) in [6.07, 6.45) is 79.0. The van der Waals surface area contributed by atoms with Crippen LogP contribution in [0.3, 0.4) is 0 Å². The molecule has 2 atom stereocenters. The van der Waals surface area contributed by atoms with E-state index in [4.69, 9.17) is 18.9 Å². The van der Waals surface area contributed by atoms with Gasteiger partial charge in [0.1, 0.15) is 13.2 Å². The first-order valence-electron chi connectivity index (χ1n) is 32.4. The van der Waals surface area contributed by atoms with Gasteiger partial charge in [0.05, 0.1) is 40.3 Å². The molecule has 0 saturated carbocycles. The molecule has 0 aromatic carbocycles. The molecule has 9 nitrogen and oxygen atoms in total. The first kappa shape index (κ1) is 75.2. The van der Waals surface area contributed by atoms with Crippen LogP contribution in [-0.2, 0) is 33.3 Å². The molecule has 0 heterocycles. The minimum absolute atomic E-state index is 0.144. The minimum atomic E-state index is -1.63. The molecule has 0 aromatic heterocycles. The third-order valence-electron chi connectivity index (χ3n) is 13.8. The van der Waals surface area contributed by atoms with Crippen molar-refractivity contribution in [1.29, 1.82) is 0 Å². The Bertz CT molecular complexity index is 1620. The molecule has 0 amide bonds. The number of carboxylic acids is 1. The summed E-state index contributed by atoms with van der Waals surface area (Å²) in [6.45, 7) is 4.53. The molecule has 79 heavy (non-hydrogen) atoms. The van der Waals surface area contributed by atoms with Crippen molar-refractivity contribution in [2.75, 3.05) is 47.5 Å². The van der Waals surface area contributed by atoms with Gasteiger partial charge < -0.3 is 33.3 Å². The van der Waals surface area contributed by atoms with E-state index in [9.17, 15) is 19.5 Å². The Hall–Kier alpha value is -3.79. The van der Waals surface area contributed by atoms with Crippen molar-refractivity contribution in [1.82, 2.24) is 0 Å². The Morgan fingerprint density at radius 1 is 0.380 bits per heavy atom. The Labute approximate surface area is 486 Å². The predicted octanol–water partition coefficient (Wildman–Crippen LogP) is 18.4. The highest BCUT2D eigenvalue weighted by Crippen LogP contribution is 2.17. The van der Waals surface area contributed by atoms with Gasteiger partial charge in [-0.2, -0.15) is 0 Å². The number of esters is 2. The fourth-order valence-electron chi connectivity index (χ4n) is 8.93. The number of aliphatic carboxylic acids is 1. The highest BCUT2D eigenvalue weighted by Gasteiger charge is 2.22. The van der Waals surface area contributed by atoms with E-state index in [1.807, 2.05) is 21.1 Å². The molecular weight excluding hydrogens is 983 g/mol. The summed E-state index contributed by atoms with van der Waals surface area (Å²) in [5.74, 6) is -2.29. The van der Waals surface area contributed by atoms with Gasteiger partial charge in [-0.1, -0.05) is 265 Å². The lowest BCUT2D eigenvalue weighted by atomic mass is 10.0. The second kappa shape index (κ2) is 60.3. The van der Waals surface area contributed by atoms with Gasteiger partial charge >= 0.3 is 11.9 Å². The predicted molar refractivity (Wildman–Crippen MR) is 334 cm³/mol. The van der Waals surface area contributed by atoms with E-state index in [0.29, 0.717) is 17.4 Å². The topological polar surface area (TPSA) is 111 Å². The molecule has 0 rings (SSSR count). The zero-order valence-electron chi connectivity index (χ0n) is 51.7. The van der Waals surface area contributed by atoms with E-state index < -0.39 is 24.3 Å². The highest BCUT2D eigenvalue weighted by molar-refractivity contribution is 5.70. The van der Waals surface area contributed by atoms with Gasteiger partial charge in [-0.15, -0.1) is 0 Å². The Morgan fingerprint density at radius 3 is 1.01 bits per heavy atom. The summed E-state index contributed by atoms with van der Waals surface area (Å²) in [5.41, 5.74) is 0. The summed E-state index contributed by atoms with van der Waals surface area (Å²) in [4.78, 5) is 37.4. The van der Waals surface area contributed by atoms with Gasteiger partial charge in [-0.3, -0.25) is 9.59 Å². The van der Waals surface area contributed by atoms with E-state index in [2.05, 4.69) is 111 Å². The van der Waals surface area contributed by atoms with Crippen LogP contribution in [0.15, 0.2) is 97.2 Å². The summed E-state index contributed by atoms with van der Waals surface area (Å²) in [7, 11) is 5.92. The average molecular weight is 1100 g/mol.